The molecule has 6 heteroatoms. The zero-order valence-corrected chi connectivity index (χ0v) is 18.6. The number of benzene rings is 1. The van der Waals surface area contributed by atoms with E-state index in [-0.39, 0.29) is 0 Å². The number of hydrogen-bond donors (Lipinski definition) is 0. The van der Waals surface area contributed by atoms with Crippen LogP contribution in [0.4, 0.5) is 5.95 Å². The Morgan fingerprint density at radius 2 is 1.83 bits per heavy atom. The minimum Gasteiger partial charge on any atom is -0.493 e. The molecule has 2 atom stereocenters. The molecule has 0 bridgehead atoms. The molecule has 5 rings (SSSR count). The molecule has 0 radical (unpaired) electrons. The van der Waals surface area contributed by atoms with E-state index in [2.05, 4.69) is 62.7 Å². The van der Waals surface area contributed by atoms with E-state index in [9.17, 15) is 0 Å². The topological polar surface area (TPSA) is 41.5 Å². The molecule has 1 aliphatic carbocycles. The Balaban J connectivity index is 1.10. The zero-order valence-electron chi connectivity index (χ0n) is 17.8. The lowest BCUT2D eigenvalue weighted by atomic mass is 10.0. The summed E-state index contributed by atoms with van der Waals surface area (Å²) in [6.45, 7) is 7.23. The fraction of sp³-hybridized carbons (Fsp3) is 0.500. The zero-order chi connectivity index (χ0) is 20.5. The molecule has 30 heavy (non-hydrogen) atoms. The molecule has 1 saturated carbocycles. The fourth-order valence-electron chi connectivity index (χ4n) is 4.79. The molecule has 2 unspecified atom stereocenters. The highest BCUT2D eigenvalue weighted by Gasteiger charge is 2.56. The Labute approximate surface area is 183 Å². The Morgan fingerprint density at radius 1 is 1.10 bits per heavy atom. The summed E-state index contributed by atoms with van der Waals surface area (Å²) >= 11 is 1.83. The van der Waals surface area contributed by atoms with Crippen LogP contribution in [-0.2, 0) is 6.42 Å². The van der Waals surface area contributed by atoms with Gasteiger partial charge < -0.3 is 9.64 Å². The van der Waals surface area contributed by atoms with Crippen molar-refractivity contribution in [2.24, 2.45) is 17.8 Å². The van der Waals surface area contributed by atoms with Crippen molar-refractivity contribution < 1.29 is 4.74 Å². The second-order valence-corrected chi connectivity index (χ2v) is 9.41. The summed E-state index contributed by atoms with van der Waals surface area (Å²) in [7, 11) is 0. The number of anilines is 1. The quantitative estimate of drug-likeness (QED) is 0.624. The van der Waals surface area contributed by atoms with Gasteiger partial charge in [-0.1, -0.05) is 37.1 Å². The van der Waals surface area contributed by atoms with Crippen molar-refractivity contribution in [3.05, 3.63) is 53.9 Å². The van der Waals surface area contributed by atoms with Gasteiger partial charge in [0.2, 0.25) is 5.95 Å². The van der Waals surface area contributed by atoms with Crippen LogP contribution >= 0.6 is 11.9 Å². The van der Waals surface area contributed by atoms with E-state index in [1.54, 1.807) is 0 Å². The molecule has 1 aromatic carbocycles. The predicted octanol–water partition coefficient (Wildman–Crippen LogP) is 4.17. The third-order valence-corrected chi connectivity index (χ3v) is 7.70. The number of hydrogen-bond acceptors (Lipinski definition) is 6. The first-order valence-corrected chi connectivity index (χ1v) is 12.2. The van der Waals surface area contributed by atoms with E-state index in [1.165, 1.54) is 16.7 Å². The molecule has 2 fully saturated rings. The maximum Gasteiger partial charge on any atom is 0.225 e. The summed E-state index contributed by atoms with van der Waals surface area (Å²) in [5.74, 6) is 4.00. The van der Waals surface area contributed by atoms with Crippen LogP contribution < -0.4 is 9.64 Å². The third-order valence-electron chi connectivity index (χ3n) is 6.85. The number of rotatable bonds is 7. The number of fused-ring (bicyclic) bond motifs is 1. The van der Waals surface area contributed by atoms with Crippen LogP contribution in [0.1, 0.15) is 24.5 Å². The van der Waals surface area contributed by atoms with Crippen LogP contribution in [0.5, 0.6) is 5.75 Å². The van der Waals surface area contributed by atoms with Gasteiger partial charge in [-0.15, -0.1) is 0 Å². The van der Waals surface area contributed by atoms with Gasteiger partial charge in [0, 0.05) is 44.5 Å². The predicted molar refractivity (Wildman–Crippen MR) is 124 cm³/mol. The van der Waals surface area contributed by atoms with Crippen molar-refractivity contribution in [2.75, 3.05) is 43.9 Å². The molecule has 1 saturated heterocycles. The molecule has 5 nitrogen and oxygen atoms in total. The molecule has 2 aromatic rings. The van der Waals surface area contributed by atoms with Gasteiger partial charge in [-0.25, -0.2) is 14.3 Å². The summed E-state index contributed by atoms with van der Waals surface area (Å²) in [5.41, 5.74) is 3.98. The molecular weight excluding hydrogens is 392 g/mol. The monoisotopic (exact) mass is 422 g/mol. The minimum atomic E-state index is 0.675. The third kappa shape index (κ3) is 4.08. The Morgan fingerprint density at radius 3 is 2.43 bits per heavy atom. The van der Waals surface area contributed by atoms with Gasteiger partial charge >= 0.3 is 0 Å². The lowest BCUT2D eigenvalue weighted by molar-refractivity contribution is 0.283. The smallest absolute Gasteiger partial charge is 0.225 e. The number of ether oxygens (including phenoxy) is 1. The van der Waals surface area contributed by atoms with E-state index in [0.717, 1.165) is 69.2 Å². The van der Waals surface area contributed by atoms with Crippen molar-refractivity contribution in [1.82, 2.24) is 14.3 Å². The molecule has 0 N–H and O–H groups in total. The van der Waals surface area contributed by atoms with Crippen LogP contribution in [0.3, 0.4) is 0 Å². The minimum absolute atomic E-state index is 0.675. The first-order valence-electron chi connectivity index (χ1n) is 11.0. The summed E-state index contributed by atoms with van der Waals surface area (Å²) in [4.78, 5) is 11.4. The number of nitrogens with zero attached hydrogens (tertiary/aromatic N) is 4. The Hall–Kier alpha value is -2.05. The second-order valence-electron chi connectivity index (χ2n) is 8.53. The average Bonchev–Trinajstić information content (AvgIpc) is 3.26. The summed E-state index contributed by atoms with van der Waals surface area (Å²) in [6, 6.07) is 8.68. The largest absolute Gasteiger partial charge is 0.493 e. The van der Waals surface area contributed by atoms with Gasteiger partial charge in [0.25, 0.3) is 0 Å². The maximum atomic E-state index is 6.13. The van der Waals surface area contributed by atoms with Crippen molar-refractivity contribution in [1.29, 1.82) is 0 Å². The molecule has 1 aromatic heterocycles. The number of aromatic nitrogens is 2. The highest BCUT2D eigenvalue weighted by molar-refractivity contribution is 7.96. The van der Waals surface area contributed by atoms with Gasteiger partial charge in [0.05, 0.1) is 6.61 Å². The Bertz CT molecular complexity index is 886. The summed E-state index contributed by atoms with van der Waals surface area (Å²) < 4.78 is 8.52. The molecule has 0 amide bonds. The highest BCUT2D eigenvalue weighted by atomic mass is 32.2. The molecule has 0 spiro atoms. The van der Waals surface area contributed by atoms with Gasteiger partial charge in [-0.2, -0.15) is 0 Å². The van der Waals surface area contributed by atoms with Crippen LogP contribution in [-0.4, -0.2) is 53.3 Å². The van der Waals surface area contributed by atoms with Crippen molar-refractivity contribution in [3.8, 4) is 5.75 Å². The second kappa shape index (κ2) is 8.60. The summed E-state index contributed by atoms with van der Waals surface area (Å²) in [5, 5.41) is 0. The molecular formula is C24H30N4OS. The van der Waals surface area contributed by atoms with Crippen molar-refractivity contribution in [3.63, 3.8) is 0 Å². The van der Waals surface area contributed by atoms with Gasteiger partial charge in [-0.3, -0.25) is 0 Å². The van der Waals surface area contributed by atoms with Crippen LogP contribution in [0.2, 0.25) is 0 Å². The van der Waals surface area contributed by atoms with Gasteiger partial charge in [0.15, 0.2) is 0 Å². The maximum absolute atomic E-state index is 6.13. The lowest BCUT2D eigenvalue weighted by Crippen LogP contribution is -2.27. The number of aryl methyl sites for hydroxylation is 1. The van der Waals surface area contributed by atoms with E-state index < -0.39 is 0 Å². The van der Waals surface area contributed by atoms with Crippen LogP contribution in [0.15, 0.2) is 42.7 Å². The van der Waals surface area contributed by atoms with E-state index in [1.807, 2.05) is 24.3 Å². The SMILES string of the molecule is CCc1cnc(N2CC3C(COc4ccc(C5=CCN(SC)CC5)cc4)C3C2)nc1. The standard InChI is InChI=1S/C24H30N4OS/c1-3-17-12-25-24(26-13-17)27-14-21-22(15-27)23(21)16-29-20-6-4-18(5-7-20)19-8-10-28(30-2)11-9-19/h4-8,12-13,21-23H,3,9-11,14-16H2,1-2H3. The highest BCUT2D eigenvalue weighted by Crippen LogP contribution is 2.52. The normalized spacial score (nSPS) is 25.7. The first kappa shape index (κ1) is 19.9. The van der Waals surface area contributed by atoms with Crippen LogP contribution in [0.25, 0.3) is 5.57 Å². The van der Waals surface area contributed by atoms with Crippen molar-refractivity contribution in [2.45, 2.75) is 19.8 Å². The van der Waals surface area contributed by atoms with E-state index >= 15 is 0 Å². The summed E-state index contributed by atoms with van der Waals surface area (Å²) in [6.07, 6.45) is 10.5. The van der Waals surface area contributed by atoms with Crippen molar-refractivity contribution >= 4 is 23.5 Å². The fourth-order valence-corrected chi connectivity index (χ4v) is 5.29. The first-order chi connectivity index (χ1) is 14.7. The Kier molecular flexibility index (Phi) is 5.70. The average molecular weight is 423 g/mol. The van der Waals surface area contributed by atoms with E-state index in [4.69, 9.17) is 4.74 Å². The number of piperidine rings is 1. The molecule has 2 aliphatic heterocycles. The lowest BCUT2D eigenvalue weighted by Gasteiger charge is -2.24. The molecule has 3 aliphatic rings. The van der Waals surface area contributed by atoms with Gasteiger partial charge in [-0.05, 0) is 59.8 Å². The molecule has 158 valence electrons. The molecule has 3 heterocycles. The van der Waals surface area contributed by atoms with Crippen LogP contribution in [0, 0.1) is 17.8 Å². The van der Waals surface area contributed by atoms with Gasteiger partial charge in [0.1, 0.15) is 5.75 Å². The van der Waals surface area contributed by atoms with E-state index in [0.29, 0.717) is 5.92 Å².